The summed E-state index contributed by atoms with van der Waals surface area (Å²) in [4.78, 5) is 0. The van der Waals surface area contributed by atoms with Crippen LogP contribution in [-0.2, 0) is 25.7 Å². The highest BCUT2D eigenvalue weighted by Crippen LogP contribution is 2.28. The zero-order valence-corrected chi connectivity index (χ0v) is 50.9. The van der Waals surface area contributed by atoms with Gasteiger partial charge in [0.05, 0.1) is 23.9 Å². The molecule has 4 aromatic rings. The predicted octanol–water partition coefficient (Wildman–Crippen LogP) is 21.3. The van der Waals surface area contributed by atoms with E-state index >= 15 is 0 Å². The number of oxime groups is 4. The second-order valence-corrected chi connectivity index (χ2v) is 21.7. The molecule has 0 aliphatic carbocycles. The van der Waals surface area contributed by atoms with Crippen LogP contribution in [-0.4, -0.2) is 65.1 Å². The first-order chi connectivity index (χ1) is 38.7. The minimum absolute atomic E-state index is 0. The van der Waals surface area contributed by atoms with Crippen LogP contribution in [0.1, 0.15) is 299 Å². The maximum atomic E-state index is 10.0. The van der Waals surface area contributed by atoms with Crippen molar-refractivity contribution in [3.8, 4) is 23.0 Å². The van der Waals surface area contributed by atoms with E-state index in [1.54, 1.807) is 26.0 Å². The van der Waals surface area contributed by atoms with E-state index in [4.69, 9.17) is 20.8 Å². The molecule has 4 aromatic carbocycles. The van der Waals surface area contributed by atoms with Gasteiger partial charge in [0.1, 0.15) is 23.0 Å². The average molecular weight is 1160 g/mol. The van der Waals surface area contributed by atoms with Crippen LogP contribution < -0.4 is 0 Å². The molecule has 0 aromatic heterocycles. The molecule has 83 heavy (non-hydrogen) atoms. The molecular weight excluding hydrogens is 1040 g/mol. The molecule has 472 valence electrons. The molecule has 0 radical (unpaired) electrons. The molecule has 0 bridgehead atoms. The first kappa shape index (κ1) is 81.2. The van der Waals surface area contributed by atoms with E-state index in [0.717, 1.165) is 36.8 Å². The van der Waals surface area contributed by atoms with Crippen LogP contribution in [0, 0.1) is 13.8 Å². The normalized spacial score (nSPS) is 11.1. The third-order valence-electron chi connectivity index (χ3n) is 14.7. The number of phenols is 4. The molecule has 8 N–H and O–H groups in total. The lowest BCUT2D eigenvalue weighted by atomic mass is 9.98. The monoisotopic (exact) mass is 1160 g/mol. The van der Waals surface area contributed by atoms with Gasteiger partial charge in [-0.15, -0.1) is 0 Å². The van der Waals surface area contributed by atoms with Crippen LogP contribution >= 0.6 is 0 Å². The number of aryl methyl sites for hydroxylation is 6. The molecule has 0 saturated heterocycles. The van der Waals surface area contributed by atoms with Gasteiger partial charge in [0.15, 0.2) is 0 Å². The lowest BCUT2D eigenvalue weighted by molar-refractivity contribution is 0.318. The number of aromatic hydroxyl groups is 4. The highest BCUT2D eigenvalue weighted by atomic mass is 16.4. The largest absolute Gasteiger partial charge is 0.507 e. The van der Waals surface area contributed by atoms with E-state index in [2.05, 4.69) is 48.3 Å². The number of hydrogen-bond donors (Lipinski definition) is 8. The molecule has 0 saturated carbocycles. The molecule has 0 spiro atoms. The summed E-state index contributed by atoms with van der Waals surface area (Å²) in [6.07, 6.45) is 42.9. The number of benzene rings is 4. The van der Waals surface area contributed by atoms with Crippen LogP contribution in [0.3, 0.4) is 0 Å². The van der Waals surface area contributed by atoms with E-state index in [1.807, 2.05) is 62.4 Å². The molecule has 0 heterocycles. The van der Waals surface area contributed by atoms with Gasteiger partial charge in [0, 0.05) is 22.3 Å². The smallest absolute Gasteiger partial charge is 0.127 e. The maximum absolute atomic E-state index is 10.0. The fraction of sp³-hybridized carbons (Fsp3) is 0.606. The topological polar surface area (TPSA) is 211 Å². The lowest BCUT2D eigenvalue weighted by Gasteiger charge is -2.10. The Morgan fingerprint density at radius 2 is 0.602 bits per heavy atom. The van der Waals surface area contributed by atoms with Gasteiger partial charge in [-0.1, -0.05) is 249 Å². The summed E-state index contributed by atoms with van der Waals surface area (Å²) < 4.78 is 0. The van der Waals surface area contributed by atoms with Crippen LogP contribution in [0.2, 0.25) is 0 Å². The average Bonchev–Trinajstić information content (AvgIpc) is 3.58. The zero-order chi connectivity index (χ0) is 59.2. The van der Waals surface area contributed by atoms with E-state index in [9.17, 15) is 20.4 Å². The van der Waals surface area contributed by atoms with Crippen LogP contribution in [0.25, 0.3) is 0 Å². The fourth-order valence-electron chi connectivity index (χ4n) is 9.65. The van der Waals surface area contributed by atoms with Crippen molar-refractivity contribution in [2.45, 2.75) is 283 Å². The first-order valence-electron chi connectivity index (χ1n) is 30.8. The minimum Gasteiger partial charge on any atom is -0.507 e. The molecular formula is C71H120N4O8. The second kappa shape index (κ2) is 52.7. The number of hydrogen-bond acceptors (Lipinski definition) is 12. The van der Waals surface area contributed by atoms with Gasteiger partial charge in [0.25, 0.3) is 0 Å². The van der Waals surface area contributed by atoms with E-state index in [1.165, 1.54) is 214 Å². The Labute approximate surface area is 506 Å². The van der Waals surface area contributed by atoms with Crippen LogP contribution in [0.5, 0.6) is 23.0 Å². The third-order valence-corrected chi connectivity index (χ3v) is 14.7. The zero-order valence-electron chi connectivity index (χ0n) is 50.9. The quantitative estimate of drug-likeness (QED) is 0.00948. The summed E-state index contributed by atoms with van der Waals surface area (Å²) >= 11 is 0. The molecule has 0 aliphatic heterocycles. The second-order valence-electron chi connectivity index (χ2n) is 21.7. The van der Waals surface area contributed by atoms with Crippen molar-refractivity contribution in [2.24, 2.45) is 20.6 Å². The molecule has 0 amide bonds. The predicted molar refractivity (Wildman–Crippen MR) is 356 cm³/mol. The summed E-state index contributed by atoms with van der Waals surface area (Å²) in [5.74, 6) is 0.740. The summed E-state index contributed by atoms with van der Waals surface area (Å²) in [6.45, 7) is 16.1. The highest BCUT2D eigenvalue weighted by molar-refractivity contribution is 6.01. The van der Waals surface area contributed by atoms with Crippen molar-refractivity contribution in [1.82, 2.24) is 0 Å². The molecule has 4 rings (SSSR count). The molecule has 0 atom stereocenters. The molecule has 12 nitrogen and oxygen atoms in total. The van der Waals surface area contributed by atoms with Gasteiger partial charge in [-0.05, 0) is 149 Å². The van der Waals surface area contributed by atoms with Gasteiger partial charge >= 0.3 is 0 Å². The van der Waals surface area contributed by atoms with E-state index in [-0.39, 0.29) is 45.3 Å². The van der Waals surface area contributed by atoms with E-state index < -0.39 is 0 Å². The Morgan fingerprint density at radius 1 is 0.349 bits per heavy atom. The Hall–Kier alpha value is -6.04. The first-order valence-corrected chi connectivity index (χ1v) is 30.8. The van der Waals surface area contributed by atoms with Crippen molar-refractivity contribution in [3.05, 3.63) is 116 Å². The minimum atomic E-state index is 0. The Kier molecular flexibility index (Phi) is 51.6. The van der Waals surface area contributed by atoms with Crippen LogP contribution in [0.15, 0.2) is 81.3 Å². The van der Waals surface area contributed by atoms with Gasteiger partial charge in [-0.3, -0.25) is 0 Å². The van der Waals surface area contributed by atoms with Crippen molar-refractivity contribution in [1.29, 1.82) is 0 Å². The summed E-state index contributed by atoms with van der Waals surface area (Å²) in [6, 6.07) is 18.9. The maximum Gasteiger partial charge on any atom is 0.127 e. The lowest BCUT2D eigenvalue weighted by Crippen LogP contribution is -1.99. The summed E-state index contributed by atoms with van der Waals surface area (Å²) in [5.41, 5.74) is 9.78. The number of unbranched alkanes of at least 4 members (excludes halogenated alkanes) is 24. The Balaban J connectivity index is -0.00000102. The Bertz CT molecular complexity index is 2200. The van der Waals surface area contributed by atoms with Crippen molar-refractivity contribution >= 4 is 23.9 Å². The molecule has 0 fully saturated rings. The molecule has 0 aliphatic rings. The van der Waals surface area contributed by atoms with Gasteiger partial charge < -0.3 is 41.3 Å². The third kappa shape index (κ3) is 37.0. The summed E-state index contributed by atoms with van der Waals surface area (Å²) in [5, 5.41) is 86.3. The standard InChI is InChI=1S/2C18H29NO2.2C16H25NO2.3CH4/c2*1-4-5-6-7-8-9-10-11-16-12-14(2)18(20)17(13-16)15(3)19-21;2*1-2-3-4-5-6-7-8-9-14-10-11-16(18)15(12-14)13-17-19;;;/h2*12-13,20-21H,4-11H2,1-3H3;2*10-13,18-19H,2-9H2,1H3;3*1H4/b2*19-15-;2*17-13-;;;. The van der Waals surface area contributed by atoms with Crippen molar-refractivity contribution in [3.63, 3.8) is 0 Å². The summed E-state index contributed by atoms with van der Waals surface area (Å²) in [7, 11) is 0. The Morgan fingerprint density at radius 3 is 0.855 bits per heavy atom. The number of phenolic OH excluding ortho intramolecular Hbond substituents is 4. The van der Waals surface area contributed by atoms with Crippen molar-refractivity contribution in [2.75, 3.05) is 0 Å². The van der Waals surface area contributed by atoms with E-state index in [0.29, 0.717) is 33.7 Å². The van der Waals surface area contributed by atoms with Gasteiger partial charge in [0.2, 0.25) is 0 Å². The number of nitrogens with zero attached hydrogens (tertiary/aromatic N) is 4. The molecule has 0 unspecified atom stereocenters. The number of rotatable bonds is 36. The SMILES string of the molecule is C.C.C.CCCCCCCCCc1cc(C)c(O)c(/C(C)=N\O)c1.CCCCCCCCCc1cc(C)c(O)c(/C(C)=N\O)c1.CCCCCCCCCc1ccc(O)c(/C=N\O)c1.CCCCCCCCCc1ccc(O)c(/C=N\O)c1. The highest BCUT2D eigenvalue weighted by Gasteiger charge is 2.12. The van der Waals surface area contributed by atoms with Gasteiger partial charge in [-0.2, -0.15) is 0 Å². The fourth-order valence-corrected chi connectivity index (χ4v) is 9.65. The molecule has 12 heteroatoms. The van der Waals surface area contributed by atoms with Gasteiger partial charge in [-0.25, -0.2) is 0 Å². The van der Waals surface area contributed by atoms with Crippen molar-refractivity contribution < 1.29 is 41.3 Å². The van der Waals surface area contributed by atoms with Crippen LogP contribution in [0.4, 0.5) is 0 Å².